The summed E-state index contributed by atoms with van der Waals surface area (Å²) in [6.45, 7) is 2.97. The predicted molar refractivity (Wildman–Crippen MR) is 107 cm³/mol. The molecule has 1 unspecified atom stereocenters. The number of nitrogens with zero attached hydrogens (tertiary/aromatic N) is 1. The average molecular weight is 369 g/mol. The van der Waals surface area contributed by atoms with Crippen molar-refractivity contribution < 1.29 is 14.3 Å². The van der Waals surface area contributed by atoms with E-state index in [9.17, 15) is 4.79 Å². The van der Waals surface area contributed by atoms with Crippen molar-refractivity contribution in [2.75, 3.05) is 38.8 Å². The van der Waals surface area contributed by atoms with Gasteiger partial charge < -0.3 is 25.0 Å². The Kier molecular flexibility index (Phi) is 6.41. The third-order valence-corrected chi connectivity index (χ3v) is 4.89. The topological polar surface area (TPSA) is 62.8 Å². The maximum absolute atomic E-state index is 12.1. The summed E-state index contributed by atoms with van der Waals surface area (Å²) in [7, 11) is 3.33. The molecule has 1 aliphatic heterocycles. The molecule has 1 fully saturated rings. The van der Waals surface area contributed by atoms with Crippen LogP contribution in [0.2, 0.25) is 0 Å². The summed E-state index contributed by atoms with van der Waals surface area (Å²) in [6.07, 6.45) is 1.05. The fraction of sp³-hybridized carbons (Fsp3) is 0.381. The number of carbonyl (C=O) groups is 1. The van der Waals surface area contributed by atoms with Crippen molar-refractivity contribution in [1.82, 2.24) is 10.6 Å². The largest absolute Gasteiger partial charge is 0.496 e. The number of rotatable bonds is 7. The van der Waals surface area contributed by atoms with Crippen LogP contribution in [0, 0.1) is 5.92 Å². The first-order valence-electron chi connectivity index (χ1n) is 9.23. The van der Waals surface area contributed by atoms with Crippen molar-refractivity contribution in [2.24, 2.45) is 5.92 Å². The van der Waals surface area contributed by atoms with Gasteiger partial charge in [-0.05, 0) is 30.5 Å². The molecule has 0 aromatic heterocycles. The van der Waals surface area contributed by atoms with Crippen LogP contribution in [0.1, 0.15) is 12.0 Å². The first kappa shape index (κ1) is 18.9. The number of nitrogens with one attached hydrogen (secondary N) is 2. The fourth-order valence-corrected chi connectivity index (χ4v) is 3.43. The molecular formula is C21H27N3O3. The molecule has 2 N–H and O–H groups in total. The lowest BCUT2D eigenvalue weighted by Gasteiger charge is -2.21. The Labute approximate surface area is 160 Å². The molecule has 0 saturated carbocycles. The van der Waals surface area contributed by atoms with E-state index < -0.39 is 0 Å². The Balaban J connectivity index is 1.45. The van der Waals surface area contributed by atoms with E-state index in [1.807, 2.05) is 42.5 Å². The molecule has 1 aliphatic rings. The Morgan fingerprint density at radius 1 is 1.04 bits per heavy atom. The molecular weight excluding hydrogens is 342 g/mol. The molecule has 0 aliphatic carbocycles. The minimum absolute atomic E-state index is 0.156. The standard InChI is InChI=1S/C21H27N3O3/c1-26-19-9-5-3-7-17(19)14-23-21(25)22-13-16-11-12-24(15-16)18-8-4-6-10-20(18)27-2/h3-10,16H,11-15H2,1-2H3,(H2,22,23,25). The maximum Gasteiger partial charge on any atom is 0.315 e. The zero-order chi connectivity index (χ0) is 19.1. The van der Waals surface area contributed by atoms with Gasteiger partial charge in [-0.1, -0.05) is 30.3 Å². The maximum atomic E-state index is 12.1. The molecule has 27 heavy (non-hydrogen) atoms. The molecule has 0 bridgehead atoms. The predicted octanol–water partition coefficient (Wildman–Crippen LogP) is 3.03. The van der Waals surface area contributed by atoms with Gasteiger partial charge in [-0.15, -0.1) is 0 Å². The van der Waals surface area contributed by atoms with Gasteiger partial charge in [0.15, 0.2) is 0 Å². The third kappa shape index (κ3) is 4.84. The van der Waals surface area contributed by atoms with E-state index in [1.165, 1.54) is 0 Å². The van der Waals surface area contributed by atoms with E-state index in [4.69, 9.17) is 9.47 Å². The van der Waals surface area contributed by atoms with Crippen molar-refractivity contribution in [3.05, 3.63) is 54.1 Å². The smallest absolute Gasteiger partial charge is 0.315 e. The summed E-state index contributed by atoms with van der Waals surface area (Å²) in [5.41, 5.74) is 2.07. The quantitative estimate of drug-likeness (QED) is 0.788. The highest BCUT2D eigenvalue weighted by atomic mass is 16.5. The van der Waals surface area contributed by atoms with E-state index in [0.717, 1.165) is 42.3 Å². The summed E-state index contributed by atoms with van der Waals surface area (Å²) in [5.74, 6) is 2.09. The first-order valence-corrected chi connectivity index (χ1v) is 9.23. The van der Waals surface area contributed by atoms with Gasteiger partial charge in [-0.25, -0.2) is 4.79 Å². The van der Waals surface area contributed by atoms with Crippen molar-refractivity contribution in [3.8, 4) is 11.5 Å². The highest BCUT2D eigenvalue weighted by Crippen LogP contribution is 2.31. The van der Waals surface area contributed by atoms with Crippen LogP contribution in [0.4, 0.5) is 10.5 Å². The second-order valence-electron chi connectivity index (χ2n) is 6.65. The van der Waals surface area contributed by atoms with E-state index in [-0.39, 0.29) is 6.03 Å². The van der Waals surface area contributed by atoms with Crippen LogP contribution >= 0.6 is 0 Å². The molecule has 3 rings (SSSR count). The zero-order valence-corrected chi connectivity index (χ0v) is 15.9. The lowest BCUT2D eigenvalue weighted by Crippen LogP contribution is -2.38. The van der Waals surface area contributed by atoms with E-state index in [2.05, 4.69) is 21.6 Å². The number of anilines is 1. The van der Waals surface area contributed by atoms with Crippen LogP contribution < -0.4 is 25.0 Å². The van der Waals surface area contributed by atoms with Gasteiger partial charge in [-0.2, -0.15) is 0 Å². The summed E-state index contributed by atoms with van der Waals surface area (Å²) < 4.78 is 10.8. The van der Waals surface area contributed by atoms with Gasteiger partial charge in [0.25, 0.3) is 0 Å². The molecule has 2 amide bonds. The van der Waals surface area contributed by atoms with E-state index in [0.29, 0.717) is 19.0 Å². The molecule has 2 aromatic rings. The van der Waals surface area contributed by atoms with Crippen LogP contribution in [-0.2, 0) is 6.54 Å². The van der Waals surface area contributed by atoms with Crippen molar-refractivity contribution in [1.29, 1.82) is 0 Å². The Bertz CT molecular complexity index is 766. The monoisotopic (exact) mass is 369 g/mol. The Morgan fingerprint density at radius 3 is 2.52 bits per heavy atom. The molecule has 0 radical (unpaired) electrons. The van der Waals surface area contributed by atoms with Gasteiger partial charge in [0.1, 0.15) is 11.5 Å². The molecule has 1 atom stereocenters. The number of hydrogen-bond donors (Lipinski definition) is 2. The highest BCUT2D eigenvalue weighted by molar-refractivity contribution is 5.74. The van der Waals surface area contributed by atoms with Gasteiger partial charge >= 0.3 is 6.03 Å². The van der Waals surface area contributed by atoms with Crippen molar-refractivity contribution >= 4 is 11.7 Å². The van der Waals surface area contributed by atoms with Gasteiger partial charge in [0.2, 0.25) is 0 Å². The van der Waals surface area contributed by atoms with E-state index >= 15 is 0 Å². The zero-order valence-electron chi connectivity index (χ0n) is 15.9. The Hall–Kier alpha value is -2.89. The minimum atomic E-state index is -0.156. The average Bonchev–Trinajstić information content (AvgIpc) is 3.19. The second-order valence-corrected chi connectivity index (χ2v) is 6.65. The number of hydrogen-bond acceptors (Lipinski definition) is 4. The molecule has 144 valence electrons. The molecule has 0 spiro atoms. The van der Waals surface area contributed by atoms with Crippen LogP contribution in [0.5, 0.6) is 11.5 Å². The minimum Gasteiger partial charge on any atom is -0.496 e. The van der Waals surface area contributed by atoms with Gasteiger partial charge in [-0.3, -0.25) is 0 Å². The highest BCUT2D eigenvalue weighted by Gasteiger charge is 2.24. The van der Waals surface area contributed by atoms with E-state index in [1.54, 1.807) is 14.2 Å². The molecule has 6 heteroatoms. The molecule has 1 saturated heterocycles. The summed E-state index contributed by atoms with van der Waals surface area (Å²) in [5, 5.41) is 5.88. The number of benzene rings is 2. The number of ether oxygens (including phenoxy) is 2. The Morgan fingerprint density at radius 2 is 1.74 bits per heavy atom. The molecule has 2 aromatic carbocycles. The van der Waals surface area contributed by atoms with Crippen LogP contribution in [-0.4, -0.2) is 39.9 Å². The molecule has 1 heterocycles. The second kappa shape index (κ2) is 9.16. The first-order chi connectivity index (χ1) is 13.2. The van der Waals surface area contributed by atoms with Gasteiger partial charge in [0.05, 0.1) is 19.9 Å². The number of urea groups is 1. The summed E-state index contributed by atoms with van der Waals surface area (Å²) >= 11 is 0. The lowest BCUT2D eigenvalue weighted by molar-refractivity contribution is 0.238. The number of carbonyl (C=O) groups excluding carboxylic acids is 1. The summed E-state index contributed by atoms with van der Waals surface area (Å²) in [4.78, 5) is 14.4. The normalized spacial score (nSPS) is 16.1. The van der Waals surface area contributed by atoms with Crippen molar-refractivity contribution in [3.63, 3.8) is 0 Å². The lowest BCUT2D eigenvalue weighted by atomic mass is 10.1. The van der Waals surface area contributed by atoms with Crippen LogP contribution in [0.3, 0.4) is 0 Å². The van der Waals surface area contributed by atoms with Crippen LogP contribution in [0.15, 0.2) is 48.5 Å². The summed E-state index contributed by atoms with van der Waals surface area (Å²) in [6, 6.07) is 15.6. The van der Waals surface area contributed by atoms with Crippen molar-refractivity contribution in [2.45, 2.75) is 13.0 Å². The SMILES string of the molecule is COc1ccccc1CNC(=O)NCC1CCN(c2ccccc2OC)C1. The number of methoxy groups -OCH3 is 2. The third-order valence-electron chi connectivity index (χ3n) is 4.89. The van der Waals surface area contributed by atoms with Crippen LogP contribution in [0.25, 0.3) is 0 Å². The van der Waals surface area contributed by atoms with Gasteiger partial charge in [0, 0.05) is 31.7 Å². The molecule has 6 nitrogen and oxygen atoms in total. The number of amides is 2. The fourth-order valence-electron chi connectivity index (χ4n) is 3.43. The number of para-hydroxylation sites is 3.